The van der Waals surface area contributed by atoms with Gasteiger partial charge in [0.05, 0.1) is 19.1 Å². The molecule has 176 valence electrons. The van der Waals surface area contributed by atoms with Crippen molar-refractivity contribution in [3.8, 4) is 0 Å². The van der Waals surface area contributed by atoms with Gasteiger partial charge in [0.2, 0.25) is 11.8 Å². The van der Waals surface area contributed by atoms with E-state index in [2.05, 4.69) is 33.5 Å². The molecule has 0 bridgehead atoms. The number of likely N-dealkylation sites (tertiary alicyclic amines) is 1. The molecule has 0 aromatic carbocycles. The van der Waals surface area contributed by atoms with E-state index in [-0.39, 0.29) is 6.10 Å². The highest BCUT2D eigenvalue weighted by atomic mass is 32.1. The number of rotatable bonds is 5. The number of hydrogen-bond acceptors (Lipinski definition) is 7. The van der Waals surface area contributed by atoms with Crippen molar-refractivity contribution in [3.05, 3.63) is 33.7 Å². The number of fused-ring (bicyclic) bond motifs is 1. The molecule has 1 N–H and O–H groups in total. The normalized spacial score (nSPS) is 25.8. The summed E-state index contributed by atoms with van der Waals surface area (Å²) in [5, 5.41) is 17.8. The maximum Gasteiger partial charge on any atom is 0.490 e. The number of carbonyl (C=O) groups is 1. The average Bonchev–Trinajstić information content (AvgIpc) is 3.15. The van der Waals surface area contributed by atoms with Gasteiger partial charge in [0.15, 0.2) is 0 Å². The summed E-state index contributed by atoms with van der Waals surface area (Å²) in [4.78, 5) is 13.0. The van der Waals surface area contributed by atoms with Gasteiger partial charge in [0.25, 0.3) is 0 Å². The molecule has 3 atom stereocenters. The molecule has 7 nitrogen and oxygen atoms in total. The maximum atomic E-state index is 10.6. The van der Waals surface area contributed by atoms with E-state index >= 15 is 0 Å². The first kappa shape index (κ1) is 23.2. The molecule has 0 unspecified atom stereocenters. The summed E-state index contributed by atoms with van der Waals surface area (Å²) in [5.41, 5.74) is 1.43. The van der Waals surface area contributed by atoms with Gasteiger partial charge in [0, 0.05) is 29.8 Å². The minimum atomic E-state index is -5.08. The van der Waals surface area contributed by atoms with Crippen LogP contribution in [0.4, 0.5) is 13.2 Å². The number of ether oxygens (including phenoxy) is 1. The summed E-state index contributed by atoms with van der Waals surface area (Å²) in [7, 11) is 0. The SMILES string of the molecule is Cc1ccsc1CN1CC[C@@H]2[C@@H](CO[C@H]2Cc2nnc(C3CC3)o2)C1.O=C(O)C(F)(F)F. The van der Waals surface area contributed by atoms with Crippen LogP contribution >= 0.6 is 11.3 Å². The van der Waals surface area contributed by atoms with E-state index in [0.717, 1.165) is 44.4 Å². The van der Waals surface area contributed by atoms with Crippen molar-refractivity contribution in [1.82, 2.24) is 15.1 Å². The third-order valence-electron chi connectivity index (χ3n) is 6.24. The standard InChI is InChI=1S/C19H25N3O2S.C2HF3O2/c1-12-5-7-25-17(12)10-22-6-4-15-14(9-22)11-23-16(15)8-18-20-21-19(24-18)13-2-3-13;3-2(4,5)1(6)7/h5,7,13-16H,2-4,6,8-11H2,1H3;(H,6,7)/t14-,15-,16+;/m1./s1. The number of carboxylic acids is 1. The van der Waals surface area contributed by atoms with Gasteiger partial charge in [-0.1, -0.05) is 0 Å². The molecule has 2 aliphatic heterocycles. The minimum absolute atomic E-state index is 0.253. The van der Waals surface area contributed by atoms with E-state index in [9.17, 15) is 13.2 Å². The largest absolute Gasteiger partial charge is 0.490 e. The van der Waals surface area contributed by atoms with E-state index in [0.29, 0.717) is 17.8 Å². The molecule has 2 aromatic rings. The summed E-state index contributed by atoms with van der Waals surface area (Å²) >= 11 is 1.88. The first-order valence-corrected chi connectivity index (χ1v) is 11.6. The fraction of sp³-hybridized carbons (Fsp3) is 0.667. The molecule has 32 heavy (non-hydrogen) atoms. The number of aromatic nitrogens is 2. The molecule has 2 saturated heterocycles. The van der Waals surface area contributed by atoms with Gasteiger partial charge in [-0.3, -0.25) is 4.90 Å². The monoisotopic (exact) mass is 473 g/mol. The summed E-state index contributed by atoms with van der Waals surface area (Å²) < 4.78 is 43.7. The van der Waals surface area contributed by atoms with Crippen LogP contribution in [0, 0.1) is 18.8 Å². The first-order chi connectivity index (χ1) is 15.2. The molecule has 5 rings (SSSR count). The van der Waals surface area contributed by atoms with Crippen LogP contribution in [0.25, 0.3) is 0 Å². The van der Waals surface area contributed by atoms with E-state index < -0.39 is 12.1 Å². The summed E-state index contributed by atoms with van der Waals surface area (Å²) in [5.74, 6) is 0.659. The van der Waals surface area contributed by atoms with Crippen LogP contribution in [0.3, 0.4) is 0 Å². The molecule has 3 aliphatic rings. The summed E-state index contributed by atoms with van der Waals surface area (Å²) in [6.45, 7) is 6.49. The second-order valence-electron chi connectivity index (χ2n) is 8.66. The highest BCUT2D eigenvalue weighted by Crippen LogP contribution is 2.40. The number of thiophene rings is 1. The van der Waals surface area contributed by atoms with Crippen LogP contribution < -0.4 is 0 Å². The molecule has 1 aliphatic carbocycles. The zero-order valence-electron chi connectivity index (χ0n) is 17.7. The molecule has 3 fully saturated rings. The summed E-state index contributed by atoms with van der Waals surface area (Å²) in [6, 6.07) is 2.22. The van der Waals surface area contributed by atoms with Crippen LogP contribution in [-0.4, -0.2) is 58.1 Å². The number of nitrogens with zero attached hydrogens (tertiary/aromatic N) is 3. The average molecular weight is 474 g/mol. The van der Waals surface area contributed by atoms with Crippen molar-refractivity contribution < 1.29 is 32.2 Å². The Bertz CT molecular complexity index is 928. The first-order valence-electron chi connectivity index (χ1n) is 10.7. The van der Waals surface area contributed by atoms with Crippen LogP contribution in [0.1, 0.15) is 47.4 Å². The number of aliphatic carboxylic acids is 1. The van der Waals surface area contributed by atoms with E-state index in [1.807, 2.05) is 11.3 Å². The fourth-order valence-corrected chi connectivity index (χ4v) is 5.25. The minimum Gasteiger partial charge on any atom is -0.475 e. The lowest BCUT2D eigenvalue weighted by atomic mass is 9.83. The number of halogens is 3. The topological polar surface area (TPSA) is 88.7 Å². The van der Waals surface area contributed by atoms with E-state index in [4.69, 9.17) is 19.1 Å². The van der Waals surface area contributed by atoms with Crippen molar-refractivity contribution >= 4 is 17.3 Å². The van der Waals surface area contributed by atoms with Crippen LogP contribution in [-0.2, 0) is 22.5 Å². The number of alkyl halides is 3. The zero-order valence-corrected chi connectivity index (χ0v) is 18.5. The van der Waals surface area contributed by atoms with Gasteiger partial charge in [-0.05, 0) is 55.7 Å². The van der Waals surface area contributed by atoms with Gasteiger partial charge in [-0.2, -0.15) is 13.2 Å². The molecular formula is C21H26F3N3O4S. The lowest BCUT2D eigenvalue weighted by Crippen LogP contribution is -2.41. The Morgan fingerprint density at radius 3 is 2.69 bits per heavy atom. The Hall–Kier alpha value is -1.98. The molecule has 0 spiro atoms. The lowest BCUT2D eigenvalue weighted by molar-refractivity contribution is -0.192. The highest BCUT2D eigenvalue weighted by molar-refractivity contribution is 7.10. The number of aryl methyl sites for hydroxylation is 1. The second kappa shape index (κ2) is 9.48. The van der Waals surface area contributed by atoms with E-state index in [1.54, 1.807) is 0 Å². The fourth-order valence-electron chi connectivity index (χ4n) is 4.30. The molecule has 0 radical (unpaired) electrons. The third-order valence-corrected chi connectivity index (χ3v) is 7.25. The van der Waals surface area contributed by atoms with Crippen LogP contribution in [0.2, 0.25) is 0 Å². The predicted octanol–water partition coefficient (Wildman–Crippen LogP) is 4.03. The molecule has 2 aromatic heterocycles. The maximum absolute atomic E-state index is 10.6. The van der Waals surface area contributed by atoms with Crippen LogP contribution in [0.5, 0.6) is 0 Å². The van der Waals surface area contributed by atoms with Gasteiger partial charge < -0.3 is 14.3 Å². The van der Waals surface area contributed by atoms with Crippen LogP contribution in [0.15, 0.2) is 15.9 Å². The number of piperidine rings is 1. The van der Waals surface area contributed by atoms with Gasteiger partial charge in [-0.15, -0.1) is 21.5 Å². The molecule has 4 heterocycles. The highest BCUT2D eigenvalue weighted by Gasteiger charge is 2.42. The van der Waals surface area contributed by atoms with Crippen molar-refractivity contribution in [2.75, 3.05) is 19.7 Å². The Kier molecular flexibility index (Phi) is 6.87. The van der Waals surface area contributed by atoms with Crippen molar-refractivity contribution in [1.29, 1.82) is 0 Å². The van der Waals surface area contributed by atoms with Gasteiger partial charge in [-0.25, -0.2) is 4.79 Å². The third kappa shape index (κ3) is 5.68. The zero-order chi connectivity index (χ0) is 22.9. The summed E-state index contributed by atoms with van der Waals surface area (Å²) in [6.07, 6.45) is -0.436. The lowest BCUT2D eigenvalue weighted by Gasteiger charge is -2.35. The Morgan fingerprint density at radius 1 is 1.31 bits per heavy atom. The second-order valence-corrected chi connectivity index (χ2v) is 9.66. The van der Waals surface area contributed by atoms with Crippen molar-refractivity contribution in [2.24, 2.45) is 11.8 Å². The Morgan fingerprint density at radius 2 is 2.06 bits per heavy atom. The molecule has 11 heteroatoms. The van der Waals surface area contributed by atoms with Gasteiger partial charge >= 0.3 is 12.1 Å². The smallest absolute Gasteiger partial charge is 0.475 e. The van der Waals surface area contributed by atoms with Crippen molar-refractivity contribution in [3.63, 3.8) is 0 Å². The number of hydrogen-bond donors (Lipinski definition) is 1. The van der Waals surface area contributed by atoms with Crippen molar-refractivity contribution in [2.45, 2.75) is 57.3 Å². The Labute approximate surface area is 187 Å². The number of carboxylic acid groups (broad SMARTS) is 1. The van der Waals surface area contributed by atoms with E-state index in [1.165, 1.54) is 29.7 Å². The molecule has 0 amide bonds. The quantitative estimate of drug-likeness (QED) is 0.701. The molecular weight excluding hydrogens is 447 g/mol. The predicted molar refractivity (Wildman–Crippen MR) is 109 cm³/mol. The molecule has 1 saturated carbocycles. The Balaban J connectivity index is 0.000000307. The van der Waals surface area contributed by atoms with Gasteiger partial charge in [0.1, 0.15) is 0 Å².